The Balaban J connectivity index is 3.56. The fourth-order valence-electron chi connectivity index (χ4n) is 0.922. The molecule has 70 valence electrons. The number of hydrogen-bond donors (Lipinski definition) is 0. The molecule has 0 aromatic carbocycles. The van der Waals surface area contributed by atoms with Crippen LogP contribution in [0.3, 0.4) is 0 Å². The summed E-state index contributed by atoms with van der Waals surface area (Å²) in [6, 6.07) is 0. The van der Waals surface area contributed by atoms with Crippen molar-refractivity contribution < 1.29 is 4.79 Å². The van der Waals surface area contributed by atoms with Gasteiger partial charge in [0.05, 0.1) is 11.0 Å². The molecule has 1 rings (SSSR count). The van der Waals surface area contributed by atoms with Gasteiger partial charge >= 0.3 is 5.69 Å². The van der Waals surface area contributed by atoms with Crippen LogP contribution in [0, 0.1) is 0 Å². The van der Waals surface area contributed by atoms with Gasteiger partial charge in [-0.05, 0) is 15.9 Å². The van der Waals surface area contributed by atoms with Crippen molar-refractivity contribution in [2.75, 3.05) is 0 Å². The molecule has 5 nitrogen and oxygen atoms in total. The first-order valence-electron chi connectivity index (χ1n) is 3.47. The lowest BCUT2D eigenvalue weighted by molar-refractivity contribution is -0.108. The van der Waals surface area contributed by atoms with Crippen LogP contribution in [0.4, 0.5) is 0 Å². The van der Waals surface area contributed by atoms with Gasteiger partial charge in [-0.1, -0.05) is 0 Å². The zero-order valence-corrected chi connectivity index (χ0v) is 8.44. The number of aryl methyl sites for hydroxylation is 1. The third kappa shape index (κ3) is 1.77. The first kappa shape index (κ1) is 9.91. The number of aldehydes is 1. The third-order valence-electron chi connectivity index (χ3n) is 1.55. The van der Waals surface area contributed by atoms with Gasteiger partial charge in [-0.25, -0.2) is 4.79 Å². The second-order valence-electron chi connectivity index (χ2n) is 2.45. The largest absolute Gasteiger partial charge is 0.331 e. The Kier molecular flexibility index (Phi) is 2.82. The summed E-state index contributed by atoms with van der Waals surface area (Å²) in [5.74, 6) is 0. The molecule has 0 radical (unpaired) electrons. The number of carbonyl (C=O) groups excluding carboxylic acids is 1. The molecule has 0 saturated carbocycles. The molecular weight excluding hydrogens is 240 g/mol. The minimum Gasteiger partial charge on any atom is -0.302 e. The van der Waals surface area contributed by atoms with Gasteiger partial charge < -0.3 is 9.36 Å². The summed E-state index contributed by atoms with van der Waals surface area (Å²) in [6.07, 6.45) is 1.88. The van der Waals surface area contributed by atoms with Gasteiger partial charge in [0.25, 0.3) is 5.56 Å². The molecule has 0 aliphatic rings. The number of nitrogens with zero attached hydrogens (tertiary/aromatic N) is 2. The molecule has 0 saturated heterocycles. The molecule has 1 aromatic rings. The van der Waals surface area contributed by atoms with Gasteiger partial charge in [-0.2, -0.15) is 0 Å². The Hall–Kier alpha value is -1.17. The minimum atomic E-state index is -0.500. The lowest BCUT2D eigenvalue weighted by atomic mass is 10.6. The Morgan fingerprint density at radius 3 is 2.69 bits per heavy atom. The first-order chi connectivity index (χ1) is 6.07. The lowest BCUT2D eigenvalue weighted by Gasteiger charge is -2.03. The standard InChI is InChI=1S/C7H7BrN2O3/c1-9-4-5(8)6(12)10(2-3-11)7(9)13/h3-4H,2H2,1H3. The Morgan fingerprint density at radius 1 is 1.54 bits per heavy atom. The Bertz CT molecular complexity index is 412. The van der Waals surface area contributed by atoms with E-state index >= 15 is 0 Å². The molecule has 0 bridgehead atoms. The summed E-state index contributed by atoms with van der Waals surface area (Å²) >= 11 is 2.99. The second kappa shape index (κ2) is 3.69. The van der Waals surface area contributed by atoms with Gasteiger partial charge in [0, 0.05) is 13.2 Å². The highest BCUT2D eigenvalue weighted by Gasteiger charge is 2.05. The van der Waals surface area contributed by atoms with E-state index in [0.29, 0.717) is 6.29 Å². The molecule has 0 fully saturated rings. The molecule has 0 N–H and O–H groups in total. The molecule has 0 spiro atoms. The van der Waals surface area contributed by atoms with Gasteiger partial charge in [0.2, 0.25) is 0 Å². The van der Waals surface area contributed by atoms with Crippen molar-refractivity contribution in [3.8, 4) is 0 Å². The second-order valence-corrected chi connectivity index (χ2v) is 3.31. The van der Waals surface area contributed by atoms with Crippen molar-refractivity contribution in [1.29, 1.82) is 0 Å². The SMILES string of the molecule is Cn1cc(Br)c(=O)n(CC=O)c1=O. The van der Waals surface area contributed by atoms with E-state index in [1.54, 1.807) is 0 Å². The average Bonchev–Trinajstić information content (AvgIpc) is 2.09. The van der Waals surface area contributed by atoms with Gasteiger partial charge in [0.15, 0.2) is 0 Å². The zero-order chi connectivity index (χ0) is 10.0. The fourth-order valence-corrected chi connectivity index (χ4v) is 1.44. The molecule has 0 aliphatic heterocycles. The number of hydrogen-bond acceptors (Lipinski definition) is 3. The van der Waals surface area contributed by atoms with Crippen LogP contribution >= 0.6 is 15.9 Å². The molecule has 0 aliphatic carbocycles. The van der Waals surface area contributed by atoms with Crippen LogP contribution in [0.15, 0.2) is 20.3 Å². The highest BCUT2D eigenvalue weighted by molar-refractivity contribution is 9.10. The molecule has 0 amide bonds. The smallest absolute Gasteiger partial charge is 0.302 e. The average molecular weight is 247 g/mol. The monoisotopic (exact) mass is 246 g/mol. The van der Waals surface area contributed by atoms with Crippen LogP contribution in [0.1, 0.15) is 0 Å². The highest BCUT2D eigenvalue weighted by atomic mass is 79.9. The molecule has 6 heteroatoms. The number of carbonyl (C=O) groups is 1. The van der Waals surface area contributed by atoms with Crippen molar-refractivity contribution in [3.05, 3.63) is 31.5 Å². The summed E-state index contributed by atoms with van der Waals surface area (Å²) in [6.45, 7) is -0.217. The first-order valence-corrected chi connectivity index (χ1v) is 4.27. The summed E-state index contributed by atoms with van der Waals surface area (Å²) in [7, 11) is 1.51. The van der Waals surface area contributed by atoms with E-state index in [1.807, 2.05) is 0 Å². The van der Waals surface area contributed by atoms with E-state index < -0.39 is 11.2 Å². The van der Waals surface area contributed by atoms with Crippen LogP contribution in [0.2, 0.25) is 0 Å². The summed E-state index contributed by atoms with van der Waals surface area (Å²) in [4.78, 5) is 32.7. The van der Waals surface area contributed by atoms with Crippen molar-refractivity contribution in [3.63, 3.8) is 0 Å². The summed E-state index contributed by atoms with van der Waals surface area (Å²) < 4.78 is 2.35. The van der Waals surface area contributed by atoms with Crippen LogP contribution in [-0.4, -0.2) is 15.4 Å². The van der Waals surface area contributed by atoms with Crippen molar-refractivity contribution >= 4 is 22.2 Å². The van der Waals surface area contributed by atoms with Crippen molar-refractivity contribution in [2.24, 2.45) is 7.05 Å². The maximum Gasteiger partial charge on any atom is 0.331 e. The molecule has 0 atom stereocenters. The molecule has 1 aromatic heterocycles. The maximum atomic E-state index is 11.3. The summed E-state index contributed by atoms with van der Waals surface area (Å²) in [5, 5.41) is 0. The van der Waals surface area contributed by atoms with Crippen LogP contribution < -0.4 is 11.2 Å². The van der Waals surface area contributed by atoms with Gasteiger partial charge in [-0.3, -0.25) is 9.36 Å². The van der Waals surface area contributed by atoms with Gasteiger partial charge in [0.1, 0.15) is 6.29 Å². The van der Waals surface area contributed by atoms with Crippen molar-refractivity contribution in [1.82, 2.24) is 9.13 Å². The van der Waals surface area contributed by atoms with Crippen molar-refractivity contribution in [2.45, 2.75) is 6.54 Å². The Morgan fingerprint density at radius 2 is 2.15 bits per heavy atom. The van der Waals surface area contributed by atoms with E-state index in [1.165, 1.54) is 17.8 Å². The fraction of sp³-hybridized carbons (Fsp3) is 0.286. The summed E-state index contributed by atoms with van der Waals surface area (Å²) in [5.41, 5.74) is -0.990. The number of rotatable bonds is 2. The maximum absolute atomic E-state index is 11.3. The topological polar surface area (TPSA) is 61.1 Å². The molecule has 0 unspecified atom stereocenters. The van der Waals surface area contributed by atoms with E-state index in [9.17, 15) is 14.4 Å². The molecule has 1 heterocycles. The lowest BCUT2D eigenvalue weighted by Crippen LogP contribution is -2.39. The predicted octanol–water partition coefficient (Wildman–Crippen LogP) is -0.492. The zero-order valence-electron chi connectivity index (χ0n) is 6.86. The number of aromatic nitrogens is 2. The van der Waals surface area contributed by atoms with E-state index in [-0.39, 0.29) is 11.0 Å². The van der Waals surface area contributed by atoms with E-state index in [2.05, 4.69) is 15.9 Å². The van der Waals surface area contributed by atoms with E-state index in [0.717, 1.165) is 4.57 Å². The highest BCUT2D eigenvalue weighted by Crippen LogP contribution is 1.97. The Labute approximate surface area is 81.7 Å². The third-order valence-corrected chi connectivity index (χ3v) is 2.09. The molecular formula is C7H7BrN2O3. The predicted molar refractivity (Wildman–Crippen MR) is 49.7 cm³/mol. The quantitative estimate of drug-likeness (QED) is 0.662. The van der Waals surface area contributed by atoms with Crippen LogP contribution in [-0.2, 0) is 18.4 Å². The molecule has 13 heavy (non-hydrogen) atoms. The van der Waals surface area contributed by atoms with E-state index in [4.69, 9.17) is 0 Å². The number of halogens is 1. The minimum absolute atomic E-state index is 0.217. The van der Waals surface area contributed by atoms with Gasteiger partial charge in [-0.15, -0.1) is 0 Å². The van der Waals surface area contributed by atoms with Crippen LogP contribution in [0.5, 0.6) is 0 Å². The normalized spacial score (nSPS) is 10.0. The van der Waals surface area contributed by atoms with Crippen LogP contribution in [0.25, 0.3) is 0 Å².